The largest absolute Gasteiger partial charge is 0.490 e. The number of ether oxygens (including phenoxy) is 1. The molecular weight excluding hydrogens is 228 g/mol. The van der Waals surface area contributed by atoms with Crippen molar-refractivity contribution in [3.05, 3.63) is 24.3 Å². The normalized spacial score (nSPS) is 16.3. The summed E-state index contributed by atoms with van der Waals surface area (Å²) in [4.78, 5) is 11.2. The molecule has 1 amide bonds. The van der Waals surface area contributed by atoms with Crippen molar-refractivity contribution >= 4 is 11.6 Å². The van der Waals surface area contributed by atoms with Crippen LogP contribution >= 0.6 is 0 Å². The first-order valence-corrected chi connectivity index (χ1v) is 6.55. The molecule has 4 nitrogen and oxygen atoms in total. The van der Waals surface area contributed by atoms with E-state index in [-0.39, 0.29) is 5.91 Å². The summed E-state index contributed by atoms with van der Waals surface area (Å²) in [5.41, 5.74) is 0.819. The Hall–Kier alpha value is -1.55. The van der Waals surface area contributed by atoms with Gasteiger partial charge in [0, 0.05) is 12.1 Å². The summed E-state index contributed by atoms with van der Waals surface area (Å²) in [5.74, 6) is 0.901. The molecule has 1 aliphatic rings. The molecule has 1 fully saturated rings. The molecule has 4 heteroatoms. The Morgan fingerprint density at radius 3 is 2.61 bits per heavy atom. The predicted molar refractivity (Wildman–Crippen MR) is 71.9 cm³/mol. The van der Waals surface area contributed by atoms with Gasteiger partial charge in [-0.3, -0.25) is 4.79 Å². The molecular formula is C14H20N2O2. The average Bonchev–Trinajstić information content (AvgIpc) is 2.42. The SMILES string of the molecule is CCC(=O)Nc1ccc(OC2CCNCC2)cc1. The number of amides is 1. The van der Waals surface area contributed by atoms with Crippen molar-refractivity contribution in [2.24, 2.45) is 0 Å². The molecule has 0 bridgehead atoms. The summed E-state index contributed by atoms with van der Waals surface area (Å²) in [7, 11) is 0. The summed E-state index contributed by atoms with van der Waals surface area (Å²) in [6.07, 6.45) is 2.90. The van der Waals surface area contributed by atoms with E-state index in [0.717, 1.165) is 37.4 Å². The van der Waals surface area contributed by atoms with Gasteiger partial charge in [-0.05, 0) is 50.2 Å². The maximum atomic E-state index is 11.2. The van der Waals surface area contributed by atoms with Crippen LogP contribution in [0.25, 0.3) is 0 Å². The van der Waals surface area contributed by atoms with Crippen LogP contribution in [0.15, 0.2) is 24.3 Å². The Labute approximate surface area is 108 Å². The fraction of sp³-hybridized carbons (Fsp3) is 0.500. The van der Waals surface area contributed by atoms with Crippen molar-refractivity contribution in [3.63, 3.8) is 0 Å². The summed E-state index contributed by atoms with van der Waals surface area (Å²) in [6, 6.07) is 7.58. The third-order valence-electron chi connectivity index (χ3n) is 3.05. The van der Waals surface area contributed by atoms with Gasteiger partial charge >= 0.3 is 0 Å². The number of anilines is 1. The smallest absolute Gasteiger partial charge is 0.224 e. The van der Waals surface area contributed by atoms with Gasteiger partial charge in [0.15, 0.2) is 0 Å². The van der Waals surface area contributed by atoms with Gasteiger partial charge in [-0.1, -0.05) is 6.92 Å². The molecule has 1 aromatic carbocycles. The highest BCUT2D eigenvalue weighted by molar-refractivity contribution is 5.90. The Bertz CT molecular complexity index is 383. The molecule has 1 aliphatic heterocycles. The van der Waals surface area contributed by atoms with Crippen LogP contribution in [0.1, 0.15) is 26.2 Å². The minimum absolute atomic E-state index is 0.0297. The minimum Gasteiger partial charge on any atom is -0.490 e. The molecule has 1 saturated heterocycles. The van der Waals surface area contributed by atoms with Crippen molar-refractivity contribution in [2.45, 2.75) is 32.3 Å². The van der Waals surface area contributed by atoms with Gasteiger partial charge in [-0.2, -0.15) is 0 Å². The quantitative estimate of drug-likeness (QED) is 0.858. The molecule has 0 aliphatic carbocycles. The Balaban J connectivity index is 1.88. The van der Waals surface area contributed by atoms with Gasteiger partial charge < -0.3 is 15.4 Å². The van der Waals surface area contributed by atoms with Crippen molar-refractivity contribution in [1.29, 1.82) is 0 Å². The van der Waals surface area contributed by atoms with Crippen LogP contribution in [0, 0.1) is 0 Å². The molecule has 2 N–H and O–H groups in total. The van der Waals surface area contributed by atoms with Crippen LogP contribution in [0.3, 0.4) is 0 Å². The lowest BCUT2D eigenvalue weighted by molar-refractivity contribution is -0.115. The highest BCUT2D eigenvalue weighted by atomic mass is 16.5. The van der Waals surface area contributed by atoms with E-state index in [1.165, 1.54) is 0 Å². The number of rotatable bonds is 4. The second kappa shape index (κ2) is 6.40. The van der Waals surface area contributed by atoms with Gasteiger partial charge in [0.1, 0.15) is 11.9 Å². The van der Waals surface area contributed by atoms with E-state index in [4.69, 9.17) is 4.74 Å². The monoisotopic (exact) mass is 248 g/mol. The maximum Gasteiger partial charge on any atom is 0.224 e. The Kier molecular flexibility index (Phi) is 4.59. The third kappa shape index (κ3) is 3.74. The zero-order chi connectivity index (χ0) is 12.8. The van der Waals surface area contributed by atoms with Crippen LogP contribution in [-0.2, 0) is 4.79 Å². The molecule has 0 aromatic heterocycles. The van der Waals surface area contributed by atoms with Crippen molar-refractivity contribution in [3.8, 4) is 5.75 Å². The summed E-state index contributed by atoms with van der Waals surface area (Å²) in [5, 5.41) is 6.13. The number of piperidine rings is 1. The summed E-state index contributed by atoms with van der Waals surface area (Å²) < 4.78 is 5.89. The van der Waals surface area contributed by atoms with Crippen LogP contribution < -0.4 is 15.4 Å². The zero-order valence-electron chi connectivity index (χ0n) is 10.7. The van der Waals surface area contributed by atoms with E-state index in [1.54, 1.807) is 0 Å². The van der Waals surface area contributed by atoms with Gasteiger partial charge in [0.05, 0.1) is 0 Å². The molecule has 2 rings (SSSR count). The third-order valence-corrected chi connectivity index (χ3v) is 3.05. The van der Waals surface area contributed by atoms with Crippen molar-refractivity contribution in [1.82, 2.24) is 5.32 Å². The topological polar surface area (TPSA) is 50.4 Å². The molecule has 18 heavy (non-hydrogen) atoms. The number of hydrogen-bond acceptors (Lipinski definition) is 3. The molecule has 1 aromatic rings. The molecule has 0 atom stereocenters. The average molecular weight is 248 g/mol. The Morgan fingerprint density at radius 1 is 1.33 bits per heavy atom. The lowest BCUT2D eigenvalue weighted by atomic mass is 10.1. The standard InChI is InChI=1S/C14H20N2O2/c1-2-14(17)16-11-3-5-12(6-4-11)18-13-7-9-15-10-8-13/h3-6,13,15H,2,7-10H2,1H3,(H,16,17). The maximum absolute atomic E-state index is 11.2. The van der Waals surface area contributed by atoms with Crippen LogP contribution in [0.4, 0.5) is 5.69 Å². The van der Waals surface area contributed by atoms with Gasteiger partial charge in [-0.15, -0.1) is 0 Å². The predicted octanol–water partition coefficient (Wildman–Crippen LogP) is 2.17. The number of carbonyl (C=O) groups excluding carboxylic acids is 1. The van der Waals surface area contributed by atoms with Crippen molar-refractivity contribution in [2.75, 3.05) is 18.4 Å². The van der Waals surface area contributed by atoms with E-state index in [9.17, 15) is 4.79 Å². The fourth-order valence-electron chi connectivity index (χ4n) is 1.97. The van der Waals surface area contributed by atoms with Gasteiger partial charge in [0.25, 0.3) is 0 Å². The van der Waals surface area contributed by atoms with E-state index in [0.29, 0.717) is 12.5 Å². The van der Waals surface area contributed by atoms with Crippen LogP contribution in [0.5, 0.6) is 5.75 Å². The lowest BCUT2D eigenvalue weighted by Gasteiger charge is -2.23. The Morgan fingerprint density at radius 2 is 2.00 bits per heavy atom. The van der Waals surface area contributed by atoms with Crippen LogP contribution in [0.2, 0.25) is 0 Å². The zero-order valence-corrected chi connectivity index (χ0v) is 10.7. The molecule has 0 spiro atoms. The van der Waals surface area contributed by atoms with E-state index < -0.39 is 0 Å². The number of hydrogen-bond donors (Lipinski definition) is 2. The van der Waals surface area contributed by atoms with E-state index >= 15 is 0 Å². The molecule has 0 saturated carbocycles. The highest BCUT2D eigenvalue weighted by Gasteiger charge is 2.14. The second-order valence-corrected chi connectivity index (χ2v) is 4.49. The summed E-state index contributed by atoms with van der Waals surface area (Å²) in [6.45, 7) is 3.88. The number of carbonyl (C=O) groups is 1. The summed E-state index contributed by atoms with van der Waals surface area (Å²) >= 11 is 0. The van der Waals surface area contributed by atoms with Gasteiger partial charge in [-0.25, -0.2) is 0 Å². The number of benzene rings is 1. The first-order valence-electron chi connectivity index (χ1n) is 6.55. The first kappa shape index (κ1) is 12.9. The van der Waals surface area contributed by atoms with Crippen molar-refractivity contribution < 1.29 is 9.53 Å². The second-order valence-electron chi connectivity index (χ2n) is 4.49. The highest BCUT2D eigenvalue weighted by Crippen LogP contribution is 2.19. The molecule has 98 valence electrons. The van der Waals surface area contributed by atoms with Gasteiger partial charge in [0.2, 0.25) is 5.91 Å². The van der Waals surface area contributed by atoms with Crippen LogP contribution in [-0.4, -0.2) is 25.1 Å². The lowest BCUT2D eigenvalue weighted by Crippen LogP contribution is -2.34. The minimum atomic E-state index is 0.0297. The molecule has 0 unspecified atom stereocenters. The number of nitrogens with one attached hydrogen (secondary N) is 2. The first-order chi connectivity index (χ1) is 8.78. The van der Waals surface area contributed by atoms with E-state index in [1.807, 2.05) is 31.2 Å². The fourth-order valence-corrected chi connectivity index (χ4v) is 1.97. The van der Waals surface area contributed by atoms with E-state index in [2.05, 4.69) is 10.6 Å². The molecule has 1 heterocycles. The molecule has 0 radical (unpaired) electrons.